The molecular weight excluding hydrogens is 188 g/mol. The van der Waals surface area contributed by atoms with E-state index in [-0.39, 0.29) is 0 Å². The highest BCUT2D eigenvalue weighted by molar-refractivity contribution is 5.90. The van der Waals surface area contributed by atoms with Gasteiger partial charge in [0, 0.05) is 0 Å². The zero-order valence-electron chi connectivity index (χ0n) is 9.21. The number of hydrogen-bond donors (Lipinski definition) is 1. The molecule has 0 bridgehead atoms. The van der Waals surface area contributed by atoms with Gasteiger partial charge in [0.2, 0.25) is 0 Å². The molecule has 2 rings (SSSR count). The number of carboxylic acids is 1. The Morgan fingerprint density at radius 1 is 1.47 bits per heavy atom. The number of rotatable bonds is 3. The molecule has 0 amide bonds. The monoisotopic (exact) mass is 204 g/mol. The lowest BCUT2D eigenvalue weighted by Gasteiger charge is -2.12. The minimum absolute atomic E-state index is 0.472. The third-order valence-corrected chi connectivity index (χ3v) is 3.24. The molecule has 80 valence electrons. The van der Waals surface area contributed by atoms with Crippen molar-refractivity contribution in [1.29, 1.82) is 0 Å². The molecule has 1 fully saturated rings. The molecule has 15 heavy (non-hydrogen) atoms. The van der Waals surface area contributed by atoms with Crippen molar-refractivity contribution >= 4 is 5.97 Å². The van der Waals surface area contributed by atoms with Gasteiger partial charge in [-0.25, -0.2) is 4.79 Å². The highest BCUT2D eigenvalue weighted by atomic mass is 16.4. The molecule has 1 aromatic rings. The van der Waals surface area contributed by atoms with E-state index in [4.69, 9.17) is 5.11 Å². The lowest BCUT2D eigenvalue weighted by atomic mass is 9.93. The lowest BCUT2D eigenvalue weighted by molar-refractivity contribution is 0.0695. The molecule has 0 aliphatic heterocycles. The molecule has 0 aromatic heterocycles. The smallest absolute Gasteiger partial charge is 0.335 e. The molecule has 1 aromatic carbocycles. The lowest BCUT2D eigenvalue weighted by Crippen LogP contribution is -2.05. The maximum atomic E-state index is 11.0. The SMILES string of the molecule is CCc1c(C(=O)O)ccc(C2CC2)c1C. The minimum Gasteiger partial charge on any atom is -0.478 e. The maximum absolute atomic E-state index is 11.0. The molecule has 2 nitrogen and oxygen atoms in total. The van der Waals surface area contributed by atoms with Crippen LogP contribution in [0.25, 0.3) is 0 Å². The van der Waals surface area contributed by atoms with Gasteiger partial charge in [-0.2, -0.15) is 0 Å². The molecule has 0 spiro atoms. The summed E-state index contributed by atoms with van der Waals surface area (Å²) in [4.78, 5) is 11.0. The van der Waals surface area contributed by atoms with Crippen LogP contribution in [0, 0.1) is 6.92 Å². The normalized spacial score (nSPS) is 15.3. The van der Waals surface area contributed by atoms with Crippen molar-refractivity contribution < 1.29 is 9.90 Å². The molecule has 0 radical (unpaired) electrons. The third-order valence-electron chi connectivity index (χ3n) is 3.24. The van der Waals surface area contributed by atoms with Crippen LogP contribution in [-0.4, -0.2) is 11.1 Å². The van der Waals surface area contributed by atoms with Crippen LogP contribution in [0.3, 0.4) is 0 Å². The summed E-state index contributed by atoms with van der Waals surface area (Å²) in [5, 5.41) is 9.07. The van der Waals surface area contributed by atoms with Crippen LogP contribution in [0.1, 0.15) is 52.7 Å². The van der Waals surface area contributed by atoms with Crippen molar-refractivity contribution in [2.24, 2.45) is 0 Å². The molecule has 1 saturated carbocycles. The van der Waals surface area contributed by atoms with Crippen molar-refractivity contribution in [3.8, 4) is 0 Å². The Morgan fingerprint density at radius 2 is 2.13 bits per heavy atom. The molecule has 0 unspecified atom stereocenters. The number of hydrogen-bond acceptors (Lipinski definition) is 1. The fourth-order valence-corrected chi connectivity index (χ4v) is 2.27. The summed E-state index contributed by atoms with van der Waals surface area (Å²) in [5.41, 5.74) is 4.03. The Bertz CT molecular complexity index is 403. The Kier molecular flexibility index (Phi) is 2.51. The Hall–Kier alpha value is -1.31. The van der Waals surface area contributed by atoms with Gasteiger partial charge in [0.15, 0.2) is 0 Å². The largest absolute Gasteiger partial charge is 0.478 e. The van der Waals surface area contributed by atoms with E-state index in [0.29, 0.717) is 11.5 Å². The highest BCUT2D eigenvalue weighted by Crippen LogP contribution is 2.42. The van der Waals surface area contributed by atoms with Crippen molar-refractivity contribution in [2.45, 2.75) is 39.0 Å². The first-order chi connectivity index (χ1) is 7.15. The third kappa shape index (κ3) is 1.76. The maximum Gasteiger partial charge on any atom is 0.335 e. The zero-order valence-corrected chi connectivity index (χ0v) is 9.21. The standard InChI is InChI=1S/C13H16O2/c1-3-10-8(2)11(9-4-5-9)6-7-12(10)13(14)15/h6-7,9H,3-5H2,1-2H3,(H,14,15). The van der Waals surface area contributed by atoms with E-state index >= 15 is 0 Å². The van der Waals surface area contributed by atoms with Crippen LogP contribution in [0.5, 0.6) is 0 Å². The first-order valence-corrected chi connectivity index (χ1v) is 5.50. The summed E-state index contributed by atoms with van der Waals surface area (Å²) in [6.45, 7) is 4.07. The summed E-state index contributed by atoms with van der Waals surface area (Å²) in [6.07, 6.45) is 3.32. The van der Waals surface area contributed by atoms with Crippen molar-refractivity contribution in [3.63, 3.8) is 0 Å². The van der Waals surface area contributed by atoms with Crippen LogP contribution in [-0.2, 0) is 6.42 Å². The molecule has 1 aliphatic rings. The Morgan fingerprint density at radius 3 is 2.60 bits per heavy atom. The van der Waals surface area contributed by atoms with E-state index < -0.39 is 5.97 Å². The number of carboxylic acid groups (broad SMARTS) is 1. The van der Waals surface area contributed by atoms with Crippen LogP contribution in [0.15, 0.2) is 12.1 Å². The highest BCUT2D eigenvalue weighted by Gasteiger charge is 2.26. The van der Waals surface area contributed by atoms with Gasteiger partial charge in [0.25, 0.3) is 0 Å². The quantitative estimate of drug-likeness (QED) is 0.821. The second-order valence-corrected chi connectivity index (χ2v) is 4.24. The number of aromatic carboxylic acids is 1. The van der Waals surface area contributed by atoms with E-state index in [1.165, 1.54) is 24.0 Å². The van der Waals surface area contributed by atoms with Gasteiger partial charge in [0.1, 0.15) is 0 Å². The van der Waals surface area contributed by atoms with Crippen LogP contribution in [0.4, 0.5) is 0 Å². The van der Waals surface area contributed by atoms with Gasteiger partial charge in [-0.05, 0) is 54.9 Å². The van der Waals surface area contributed by atoms with Crippen LogP contribution in [0.2, 0.25) is 0 Å². The van der Waals surface area contributed by atoms with Gasteiger partial charge >= 0.3 is 5.97 Å². The van der Waals surface area contributed by atoms with Gasteiger partial charge < -0.3 is 5.11 Å². The van der Waals surface area contributed by atoms with E-state index in [9.17, 15) is 4.79 Å². The average molecular weight is 204 g/mol. The van der Waals surface area contributed by atoms with Crippen LogP contribution < -0.4 is 0 Å². The van der Waals surface area contributed by atoms with Crippen molar-refractivity contribution in [2.75, 3.05) is 0 Å². The van der Waals surface area contributed by atoms with Gasteiger partial charge in [-0.15, -0.1) is 0 Å². The summed E-state index contributed by atoms with van der Waals surface area (Å²) < 4.78 is 0. The van der Waals surface area contributed by atoms with Gasteiger partial charge in [0.05, 0.1) is 5.56 Å². The zero-order chi connectivity index (χ0) is 11.0. The summed E-state index contributed by atoms with van der Waals surface area (Å²) in [5.74, 6) is -0.115. The van der Waals surface area contributed by atoms with E-state index in [2.05, 4.69) is 6.92 Å². The Labute approximate surface area is 89.9 Å². The average Bonchev–Trinajstić information content (AvgIpc) is 3.00. The molecule has 0 saturated heterocycles. The van der Waals surface area contributed by atoms with E-state index in [1.54, 1.807) is 6.07 Å². The summed E-state index contributed by atoms with van der Waals surface area (Å²) in [7, 11) is 0. The predicted molar refractivity (Wildman–Crippen MR) is 59.5 cm³/mol. The minimum atomic E-state index is -0.808. The molecule has 0 atom stereocenters. The van der Waals surface area contributed by atoms with E-state index in [1.807, 2.05) is 13.0 Å². The molecule has 1 N–H and O–H groups in total. The molecule has 2 heteroatoms. The van der Waals surface area contributed by atoms with Gasteiger partial charge in [-0.1, -0.05) is 13.0 Å². The first-order valence-electron chi connectivity index (χ1n) is 5.50. The first kappa shape index (κ1) is 10.2. The van der Waals surface area contributed by atoms with Crippen LogP contribution >= 0.6 is 0 Å². The summed E-state index contributed by atoms with van der Waals surface area (Å²) in [6, 6.07) is 3.76. The predicted octanol–water partition coefficient (Wildman–Crippen LogP) is 3.13. The second-order valence-electron chi connectivity index (χ2n) is 4.24. The fourth-order valence-electron chi connectivity index (χ4n) is 2.27. The topological polar surface area (TPSA) is 37.3 Å². The molecular formula is C13H16O2. The summed E-state index contributed by atoms with van der Waals surface area (Å²) >= 11 is 0. The van der Waals surface area contributed by atoms with Crippen molar-refractivity contribution in [1.82, 2.24) is 0 Å². The molecule has 0 heterocycles. The Balaban J connectivity index is 2.52. The molecule has 1 aliphatic carbocycles. The number of carbonyl (C=O) groups is 1. The second kappa shape index (κ2) is 3.69. The van der Waals surface area contributed by atoms with E-state index in [0.717, 1.165) is 12.0 Å². The van der Waals surface area contributed by atoms with Crippen molar-refractivity contribution in [3.05, 3.63) is 34.4 Å². The van der Waals surface area contributed by atoms with Gasteiger partial charge in [-0.3, -0.25) is 0 Å². The fraction of sp³-hybridized carbons (Fsp3) is 0.462. The number of benzene rings is 1.